The summed E-state index contributed by atoms with van der Waals surface area (Å²) in [6.45, 7) is 4.77. The van der Waals surface area contributed by atoms with E-state index in [9.17, 15) is 0 Å². The van der Waals surface area contributed by atoms with Gasteiger partial charge in [-0.05, 0) is 13.8 Å². The molecule has 0 spiro atoms. The smallest absolute Gasteiger partial charge is 0.144 e. The van der Waals surface area contributed by atoms with Crippen LogP contribution in [0.5, 0.6) is 0 Å². The highest BCUT2D eigenvalue weighted by Crippen LogP contribution is 2.20. The Morgan fingerprint density at radius 1 is 1.62 bits per heavy atom. The van der Waals surface area contributed by atoms with E-state index in [1.807, 2.05) is 32.8 Å². The first-order chi connectivity index (χ1) is 6.11. The summed E-state index contributed by atoms with van der Waals surface area (Å²) in [5.41, 5.74) is 1.46. The maximum atomic E-state index is 8.93. The third-order valence-electron chi connectivity index (χ3n) is 2.14. The summed E-state index contributed by atoms with van der Waals surface area (Å²) in [7, 11) is 3.81. The molecule has 1 rings (SSSR count). The number of nitrogens with zero attached hydrogens (tertiary/aromatic N) is 4. The molecule has 1 heterocycles. The number of anilines is 1. The molecule has 0 fully saturated rings. The molecule has 1 aromatic heterocycles. The predicted molar refractivity (Wildman–Crippen MR) is 51.6 cm³/mol. The average molecular weight is 178 g/mol. The van der Waals surface area contributed by atoms with Gasteiger partial charge in [0.15, 0.2) is 0 Å². The second-order valence-corrected chi connectivity index (χ2v) is 3.03. The second kappa shape index (κ2) is 3.48. The van der Waals surface area contributed by atoms with Gasteiger partial charge in [-0.25, -0.2) is 0 Å². The fourth-order valence-corrected chi connectivity index (χ4v) is 1.36. The summed E-state index contributed by atoms with van der Waals surface area (Å²) in [4.78, 5) is 2.01. The third kappa shape index (κ3) is 1.50. The topological polar surface area (TPSA) is 44.9 Å². The van der Waals surface area contributed by atoms with Gasteiger partial charge >= 0.3 is 0 Å². The predicted octanol–water partition coefficient (Wildman–Crippen LogP) is 1.06. The number of nitriles is 1. The molecule has 13 heavy (non-hydrogen) atoms. The van der Waals surface area contributed by atoms with Gasteiger partial charge in [0.05, 0.1) is 5.69 Å². The molecule has 0 aliphatic heterocycles. The first-order valence-electron chi connectivity index (χ1n) is 4.26. The monoisotopic (exact) mass is 178 g/mol. The van der Waals surface area contributed by atoms with E-state index < -0.39 is 0 Å². The Kier molecular flexibility index (Phi) is 2.57. The fourth-order valence-electron chi connectivity index (χ4n) is 1.36. The Balaban J connectivity index is 3.27. The summed E-state index contributed by atoms with van der Waals surface area (Å²) < 4.78 is 1.75. The largest absolute Gasteiger partial charge is 0.359 e. The zero-order chi connectivity index (χ0) is 10.0. The van der Waals surface area contributed by atoms with Crippen LogP contribution in [0.4, 0.5) is 5.82 Å². The third-order valence-corrected chi connectivity index (χ3v) is 2.14. The maximum Gasteiger partial charge on any atom is 0.144 e. The highest BCUT2D eigenvalue weighted by molar-refractivity contribution is 5.56. The van der Waals surface area contributed by atoms with Gasteiger partial charge in [0.1, 0.15) is 17.5 Å². The van der Waals surface area contributed by atoms with E-state index in [0.717, 1.165) is 18.1 Å². The standard InChI is InChI=1S/C9H14N4/c1-5-12(3)9-8(6-10)7(2)11-13(9)4/h5H2,1-4H3. The van der Waals surface area contributed by atoms with E-state index in [1.54, 1.807) is 4.68 Å². The lowest BCUT2D eigenvalue weighted by atomic mass is 10.2. The lowest BCUT2D eigenvalue weighted by molar-refractivity contribution is 0.733. The minimum Gasteiger partial charge on any atom is -0.359 e. The van der Waals surface area contributed by atoms with Crippen LogP contribution >= 0.6 is 0 Å². The van der Waals surface area contributed by atoms with Crippen molar-refractivity contribution in [3.63, 3.8) is 0 Å². The number of hydrogen-bond donors (Lipinski definition) is 0. The molecule has 0 amide bonds. The van der Waals surface area contributed by atoms with Crippen LogP contribution in [-0.2, 0) is 7.05 Å². The molecular formula is C9H14N4. The Hall–Kier alpha value is -1.50. The van der Waals surface area contributed by atoms with Gasteiger partial charge in [-0.15, -0.1) is 0 Å². The number of aromatic nitrogens is 2. The van der Waals surface area contributed by atoms with Crippen LogP contribution in [0.3, 0.4) is 0 Å². The summed E-state index contributed by atoms with van der Waals surface area (Å²) in [6.07, 6.45) is 0. The molecule has 1 aromatic rings. The van der Waals surface area contributed by atoms with Gasteiger partial charge < -0.3 is 4.90 Å². The molecule has 0 unspecified atom stereocenters. The van der Waals surface area contributed by atoms with Crippen LogP contribution in [0, 0.1) is 18.3 Å². The Morgan fingerprint density at radius 3 is 2.69 bits per heavy atom. The van der Waals surface area contributed by atoms with Crippen LogP contribution in [0.2, 0.25) is 0 Å². The molecule has 0 bridgehead atoms. The molecular weight excluding hydrogens is 164 g/mol. The minimum absolute atomic E-state index is 0.673. The van der Waals surface area contributed by atoms with E-state index in [-0.39, 0.29) is 0 Å². The van der Waals surface area contributed by atoms with Crippen molar-refractivity contribution in [1.82, 2.24) is 9.78 Å². The molecule has 0 saturated heterocycles. The van der Waals surface area contributed by atoms with Crippen LogP contribution in [-0.4, -0.2) is 23.4 Å². The molecule has 0 N–H and O–H groups in total. The van der Waals surface area contributed by atoms with Crippen LogP contribution in [0.15, 0.2) is 0 Å². The van der Waals surface area contributed by atoms with Crippen molar-refractivity contribution in [3.8, 4) is 6.07 Å². The normalized spacial score (nSPS) is 9.77. The highest BCUT2D eigenvalue weighted by Gasteiger charge is 2.14. The summed E-state index contributed by atoms with van der Waals surface area (Å²) in [6, 6.07) is 2.17. The van der Waals surface area contributed by atoms with Gasteiger partial charge in [-0.2, -0.15) is 10.4 Å². The molecule has 70 valence electrons. The first kappa shape index (κ1) is 9.59. The number of aryl methyl sites for hydroxylation is 2. The number of hydrogen-bond acceptors (Lipinski definition) is 3. The van der Waals surface area contributed by atoms with E-state index in [0.29, 0.717) is 5.56 Å². The summed E-state index contributed by atoms with van der Waals surface area (Å²) >= 11 is 0. The van der Waals surface area contributed by atoms with Crippen LogP contribution in [0.1, 0.15) is 18.2 Å². The molecule has 0 saturated carbocycles. The van der Waals surface area contributed by atoms with Gasteiger partial charge in [0.2, 0.25) is 0 Å². The van der Waals surface area contributed by atoms with Gasteiger partial charge in [-0.3, -0.25) is 4.68 Å². The van der Waals surface area contributed by atoms with Crippen molar-refractivity contribution >= 4 is 5.82 Å². The number of rotatable bonds is 2. The van der Waals surface area contributed by atoms with E-state index in [2.05, 4.69) is 11.2 Å². The lowest BCUT2D eigenvalue weighted by Gasteiger charge is -2.16. The second-order valence-electron chi connectivity index (χ2n) is 3.03. The summed E-state index contributed by atoms with van der Waals surface area (Å²) in [5.74, 6) is 0.891. The zero-order valence-corrected chi connectivity index (χ0v) is 8.50. The van der Waals surface area contributed by atoms with E-state index in [1.165, 1.54) is 0 Å². The molecule has 4 heteroatoms. The van der Waals surface area contributed by atoms with Crippen LogP contribution < -0.4 is 4.90 Å². The Bertz CT molecular complexity index is 345. The first-order valence-corrected chi connectivity index (χ1v) is 4.26. The van der Waals surface area contributed by atoms with Crippen molar-refractivity contribution in [2.24, 2.45) is 7.05 Å². The molecule has 4 nitrogen and oxygen atoms in total. The Labute approximate surface area is 78.4 Å². The molecule has 0 aliphatic carbocycles. The van der Waals surface area contributed by atoms with Crippen molar-refractivity contribution < 1.29 is 0 Å². The van der Waals surface area contributed by atoms with Crippen LogP contribution in [0.25, 0.3) is 0 Å². The lowest BCUT2D eigenvalue weighted by Crippen LogP contribution is -2.19. The SMILES string of the molecule is CCN(C)c1c(C#N)c(C)nn1C. The van der Waals surface area contributed by atoms with Gasteiger partial charge in [0, 0.05) is 20.6 Å². The molecule has 0 atom stereocenters. The van der Waals surface area contributed by atoms with Crippen molar-refractivity contribution in [2.45, 2.75) is 13.8 Å². The molecule has 0 radical (unpaired) electrons. The fraction of sp³-hybridized carbons (Fsp3) is 0.556. The Morgan fingerprint density at radius 2 is 2.23 bits per heavy atom. The molecule has 0 aromatic carbocycles. The van der Waals surface area contributed by atoms with Gasteiger partial charge in [0.25, 0.3) is 0 Å². The molecule has 0 aliphatic rings. The van der Waals surface area contributed by atoms with E-state index >= 15 is 0 Å². The maximum absolute atomic E-state index is 8.93. The zero-order valence-electron chi connectivity index (χ0n) is 8.50. The van der Waals surface area contributed by atoms with Crippen molar-refractivity contribution in [1.29, 1.82) is 5.26 Å². The average Bonchev–Trinajstić information content (AvgIpc) is 2.39. The van der Waals surface area contributed by atoms with E-state index in [4.69, 9.17) is 5.26 Å². The minimum atomic E-state index is 0.673. The quantitative estimate of drug-likeness (QED) is 0.680. The van der Waals surface area contributed by atoms with Crippen molar-refractivity contribution in [2.75, 3.05) is 18.5 Å². The summed E-state index contributed by atoms with van der Waals surface area (Å²) in [5, 5.41) is 13.1. The van der Waals surface area contributed by atoms with Crippen molar-refractivity contribution in [3.05, 3.63) is 11.3 Å². The highest BCUT2D eigenvalue weighted by atomic mass is 15.4. The van der Waals surface area contributed by atoms with Gasteiger partial charge in [-0.1, -0.05) is 0 Å².